The van der Waals surface area contributed by atoms with Crippen molar-refractivity contribution in [2.75, 3.05) is 37.7 Å². The third-order valence-corrected chi connectivity index (χ3v) is 7.14. The van der Waals surface area contributed by atoms with Crippen molar-refractivity contribution in [3.8, 4) is 5.69 Å². The Hall–Kier alpha value is -2.45. The average Bonchev–Trinajstić information content (AvgIpc) is 3.33. The van der Waals surface area contributed by atoms with Crippen LogP contribution in [0.5, 0.6) is 0 Å². The summed E-state index contributed by atoms with van der Waals surface area (Å²) in [4.78, 5) is 16.5. The highest BCUT2D eigenvalue weighted by Gasteiger charge is 2.34. The predicted molar refractivity (Wildman–Crippen MR) is 108 cm³/mol. The number of amides is 1. The van der Waals surface area contributed by atoms with Crippen LogP contribution in [0.1, 0.15) is 12.0 Å². The zero-order chi connectivity index (χ0) is 19.6. The summed E-state index contributed by atoms with van der Waals surface area (Å²) in [6, 6.07) is 9.92. The van der Waals surface area contributed by atoms with Gasteiger partial charge in [-0.2, -0.15) is 5.10 Å². The Balaban J connectivity index is 1.31. The predicted octanol–water partition coefficient (Wildman–Crippen LogP) is 1.22. The third kappa shape index (κ3) is 4.34. The molecule has 2 saturated heterocycles. The Kier molecular flexibility index (Phi) is 5.32. The lowest BCUT2D eigenvalue weighted by atomic mass is 10.2. The van der Waals surface area contributed by atoms with Crippen LogP contribution in [-0.2, 0) is 14.6 Å². The van der Waals surface area contributed by atoms with E-state index in [4.69, 9.17) is 0 Å². The molecule has 0 saturated carbocycles. The maximum atomic E-state index is 12.5. The summed E-state index contributed by atoms with van der Waals surface area (Å²) >= 11 is 0. The van der Waals surface area contributed by atoms with Crippen LogP contribution in [0.15, 0.2) is 48.8 Å². The van der Waals surface area contributed by atoms with Crippen LogP contribution in [0.25, 0.3) is 11.8 Å². The van der Waals surface area contributed by atoms with E-state index in [1.54, 1.807) is 23.0 Å². The second kappa shape index (κ2) is 7.89. The maximum Gasteiger partial charge on any atom is 0.246 e. The van der Waals surface area contributed by atoms with Gasteiger partial charge in [-0.05, 0) is 24.6 Å². The number of rotatable bonds is 4. The Labute approximate surface area is 165 Å². The minimum absolute atomic E-state index is 0.0221. The van der Waals surface area contributed by atoms with Crippen LogP contribution in [0.4, 0.5) is 0 Å². The molecule has 0 spiro atoms. The first-order valence-corrected chi connectivity index (χ1v) is 11.3. The molecule has 28 heavy (non-hydrogen) atoms. The number of aromatic nitrogens is 2. The number of sulfone groups is 1. The fourth-order valence-corrected chi connectivity index (χ4v) is 5.55. The maximum absolute atomic E-state index is 12.5. The van der Waals surface area contributed by atoms with E-state index in [0.29, 0.717) is 19.5 Å². The van der Waals surface area contributed by atoms with Gasteiger partial charge in [0.05, 0.1) is 23.4 Å². The highest BCUT2D eigenvalue weighted by atomic mass is 32.2. The monoisotopic (exact) mass is 400 g/mol. The van der Waals surface area contributed by atoms with E-state index in [2.05, 4.69) is 10.00 Å². The number of hydrogen-bond acceptors (Lipinski definition) is 5. The molecule has 2 fully saturated rings. The summed E-state index contributed by atoms with van der Waals surface area (Å²) in [7, 11) is -2.87. The van der Waals surface area contributed by atoms with Crippen molar-refractivity contribution in [2.45, 2.75) is 12.5 Å². The molecular weight excluding hydrogens is 376 g/mol. The van der Waals surface area contributed by atoms with Crippen LogP contribution < -0.4 is 0 Å². The molecule has 3 heterocycles. The molecule has 1 aromatic heterocycles. The van der Waals surface area contributed by atoms with Gasteiger partial charge in [0.15, 0.2) is 9.84 Å². The summed E-state index contributed by atoms with van der Waals surface area (Å²) in [6.45, 7) is 2.71. The molecule has 0 unspecified atom stereocenters. The van der Waals surface area contributed by atoms with Crippen LogP contribution in [0, 0.1) is 0 Å². The van der Waals surface area contributed by atoms with E-state index >= 15 is 0 Å². The molecule has 0 radical (unpaired) electrons. The van der Waals surface area contributed by atoms with Crippen LogP contribution in [0.2, 0.25) is 0 Å². The van der Waals surface area contributed by atoms with Crippen molar-refractivity contribution in [2.24, 2.45) is 0 Å². The van der Waals surface area contributed by atoms with Crippen LogP contribution >= 0.6 is 0 Å². The van der Waals surface area contributed by atoms with Crippen molar-refractivity contribution in [1.29, 1.82) is 0 Å². The molecule has 0 N–H and O–H groups in total. The number of carbonyl (C=O) groups is 1. The number of piperazine rings is 1. The van der Waals surface area contributed by atoms with Crippen molar-refractivity contribution in [3.63, 3.8) is 0 Å². The minimum Gasteiger partial charge on any atom is -0.337 e. The molecule has 148 valence electrons. The smallest absolute Gasteiger partial charge is 0.246 e. The summed E-state index contributed by atoms with van der Waals surface area (Å²) in [6.07, 6.45) is 7.70. The molecule has 2 aliphatic heterocycles. The first-order valence-electron chi connectivity index (χ1n) is 9.52. The number of benzene rings is 1. The van der Waals surface area contributed by atoms with Gasteiger partial charge in [-0.3, -0.25) is 9.69 Å². The number of hydrogen-bond donors (Lipinski definition) is 0. The number of para-hydroxylation sites is 1. The summed E-state index contributed by atoms with van der Waals surface area (Å²) in [5.74, 6) is 0.522. The van der Waals surface area contributed by atoms with Gasteiger partial charge in [-0.15, -0.1) is 0 Å². The quantitative estimate of drug-likeness (QED) is 0.722. The van der Waals surface area contributed by atoms with Gasteiger partial charge < -0.3 is 4.90 Å². The zero-order valence-corrected chi connectivity index (χ0v) is 16.5. The van der Waals surface area contributed by atoms with Crippen LogP contribution in [-0.4, -0.2) is 77.6 Å². The normalized spacial score (nSPS) is 22.7. The van der Waals surface area contributed by atoms with E-state index in [1.165, 1.54) is 0 Å². The summed E-state index contributed by atoms with van der Waals surface area (Å²) in [5, 5.41) is 4.33. The first kappa shape index (κ1) is 18.9. The molecule has 2 aromatic rings. The molecule has 2 aliphatic rings. The molecule has 1 aromatic carbocycles. The van der Waals surface area contributed by atoms with Gasteiger partial charge in [0.25, 0.3) is 0 Å². The van der Waals surface area contributed by atoms with Gasteiger partial charge in [0.1, 0.15) is 0 Å². The van der Waals surface area contributed by atoms with Crippen molar-refractivity contribution >= 4 is 21.8 Å². The van der Waals surface area contributed by atoms with Gasteiger partial charge in [0.2, 0.25) is 5.91 Å². The lowest BCUT2D eigenvalue weighted by Crippen LogP contribution is -2.52. The van der Waals surface area contributed by atoms with Gasteiger partial charge in [0, 0.05) is 50.1 Å². The molecule has 1 atom stereocenters. The molecule has 4 rings (SSSR count). The third-order valence-electron chi connectivity index (χ3n) is 5.39. The lowest BCUT2D eigenvalue weighted by molar-refractivity contribution is -0.127. The number of carbonyl (C=O) groups excluding carboxylic acids is 1. The molecule has 0 aliphatic carbocycles. The standard InChI is InChI=1S/C20H24N4O3S/c25-20(7-6-17-14-21-24(15-17)18-4-2-1-3-5-18)23-11-9-22(10-12-23)19-8-13-28(26,27)16-19/h1-7,14-15,19H,8-13,16H2/b7-6+/t19-/m0/s1. The molecule has 0 bridgehead atoms. The van der Waals surface area contributed by atoms with Crippen molar-refractivity contribution in [3.05, 3.63) is 54.4 Å². The molecule has 1 amide bonds. The minimum atomic E-state index is -2.87. The summed E-state index contributed by atoms with van der Waals surface area (Å²) in [5.41, 5.74) is 1.84. The molecule has 7 nitrogen and oxygen atoms in total. The Morgan fingerprint density at radius 2 is 1.86 bits per heavy atom. The Morgan fingerprint density at radius 1 is 1.11 bits per heavy atom. The van der Waals surface area contributed by atoms with E-state index in [-0.39, 0.29) is 23.5 Å². The van der Waals surface area contributed by atoms with Gasteiger partial charge in [-0.25, -0.2) is 13.1 Å². The second-order valence-corrected chi connectivity index (χ2v) is 9.53. The van der Waals surface area contributed by atoms with E-state index in [0.717, 1.165) is 24.3 Å². The van der Waals surface area contributed by atoms with Crippen molar-refractivity contribution < 1.29 is 13.2 Å². The fraction of sp³-hybridized carbons (Fsp3) is 0.400. The zero-order valence-electron chi connectivity index (χ0n) is 15.6. The lowest BCUT2D eigenvalue weighted by Gasteiger charge is -2.37. The van der Waals surface area contributed by atoms with E-state index in [1.807, 2.05) is 41.4 Å². The summed E-state index contributed by atoms with van der Waals surface area (Å²) < 4.78 is 25.1. The fourth-order valence-electron chi connectivity index (χ4n) is 3.79. The van der Waals surface area contributed by atoms with E-state index in [9.17, 15) is 13.2 Å². The van der Waals surface area contributed by atoms with Gasteiger partial charge >= 0.3 is 0 Å². The Morgan fingerprint density at radius 3 is 2.54 bits per heavy atom. The highest BCUT2D eigenvalue weighted by Crippen LogP contribution is 2.19. The van der Waals surface area contributed by atoms with Crippen LogP contribution in [0.3, 0.4) is 0 Å². The SMILES string of the molecule is O=C(/C=C/c1cnn(-c2ccccc2)c1)N1CCN([C@H]2CCS(=O)(=O)C2)CC1. The van der Waals surface area contributed by atoms with E-state index < -0.39 is 9.84 Å². The Bertz CT molecular complexity index is 960. The second-order valence-electron chi connectivity index (χ2n) is 7.31. The van der Waals surface area contributed by atoms with Crippen molar-refractivity contribution in [1.82, 2.24) is 19.6 Å². The highest BCUT2D eigenvalue weighted by molar-refractivity contribution is 7.91. The largest absolute Gasteiger partial charge is 0.337 e. The molecule has 8 heteroatoms. The average molecular weight is 401 g/mol. The topological polar surface area (TPSA) is 75.5 Å². The number of nitrogens with zero attached hydrogens (tertiary/aromatic N) is 4. The molecular formula is C20H24N4O3S. The van der Waals surface area contributed by atoms with Gasteiger partial charge in [-0.1, -0.05) is 18.2 Å². The first-order chi connectivity index (χ1) is 13.5.